The highest BCUT2D eigenvalue weighted by Crippen LogP contribution is 2.32. The number of carbonyl (C=O) groups is 3. The minimum Gasteiger partial charge on any atom is -0.325 e. The fourth-order valence-electron chi connectivity index (χ4n) is 2.71. The van der Waals surface area contributed by atoms with E-state index < -0.39 is 33.6 Å². The summed E-state index contributed by atoms with van der Waals surface area (Å²) in [6.07, 6.45) is 2.52. The molecule has 1 aliphatic heterocycles. The van der Waals surface area contributed by atoms with Crippen LogP contribution < -0.4 is 10.5 Å². The molecule has 156 valence electrons. The van der Waals surface area contributed by atoms with Gasteiger partial charge in [-0.25, -0.2) is 13.6 Å². The Bertz CT molecular complexity index is 1120. The molecule has 3 amide bonds. The van der Waals surface area contributed by atoms with E-state index in [4.69, 9.17) is 5.14 Å². The molecule has 0 saturated carbocycles. The number of primary sulfonamides is 1. The van der Waals surface area contributed by atoms with Gasteiger partial charge in [-0.15, -0.1) is 0 Å². The quantitative estimate of drug-likeness (QED) is 0.658. The van der Waals surface area contributed by atoms with Gasteiger partial charge in [0.15, 0.2) is 0 Å². The lowest BCUT2D eigenvalue weighted by Gasteiger charge is -2.12. The van der Waals surface area contributed by atoms with E-state index in [0.29, 0.717) is 5.69 Å². The van der Waals surface area contributed by atoms with Gasteiger partial charge in [0.05, 0.1) is 9.80 Å². The molecule has 2 aromatic carbocycles. The number of nitrogens with one attached hydrogen (secondary N) is 1. The van der Waals surface area contributed by atoms with Crippen molar-refractivity contribution in [1.82, 2.24) is 4.90 Å². The molecule has 0 aromatic heterocycles. The molecular weight excluding hydrogens is 426 g/mol. The number of nitrogens with zero attached hydrogens (tertiary/aromatic N) is 1. The van der Waals surface area contributed by atoms with Gasteiger partial charge in [0.2, 0.25) is 15.9 Å². The monoisotopic (exact) mass is 445 g/mol. The van der Waals surface area contributed by atoms with Crippen molar-refractivity contribution in [2.75, 3.05) is 11.9 Å². The lowest BCUT2D eigenvalue weighted by Crippen LogP contribution is -2.36. The Morgan fingerprint density at radius 1 is 1.10 bits per heavy atom. The van der Waals surface area contributed by atoms with Crippen molar-refractivity contribution >= 4 is 50.6 Å². The highest BCUT2D eigenvalue weighted by atomic mass is 32.2. The number of benzene rings is 2. The van der Waals surface area contributed by atoms with Gasteiger partial charge in [0.25, 0.3) is 11.1 Å². The molecule has 0 atom stereocenters. The van der Waals surface area contributed by atoms with Crippen LogP contribution in [0.2, 0.25) is 0 Å². The lowest BCUT2D eigenvalue weighted by atomic mass is 10.1. The number of thioether (sulfide) groups is 1. The van der Waals surface area contributed by atoms with Crippen LogP contribution in [0.3, 0.4) is 0 Å². The van der Waals surface area contributed by atoms with E-state index in [1.807, 2.05) is 31.2 Å². The highest BCUT2D eigenvalue weighted by molar-refractivity contribution is 8.18. The zero-order valence-corrected chi connectivity index (χ0v) is 17.6. The maximum absolute atomic E-state index is 12.5. The summed E-state index contributed by atoms with van der Waals surface area (Å²) in [5.41, 5.74) is 2.26. The Morgan fingerprint density at radius 2 is 1.73 bits per heavy atom. The van der Waals surface area contributed by atoms with Crippen molar-refractivity contribution < 1.29 is 22.8 Å². The Balaban J connectivity index is 1.66. The van der Waals surface area contributed by atoms with Gasteiger partial charge in [-0.05, 0) is 59.7 Å². The van der Waals surface area contributed by atoms with Gasteiger partial charge in [-0.3, -0.25) is 19.3 Å². The van der Waals surface area contributed by atoms with E-state index in [1.54, 1.807) is 6.08 Å². The molecule has 2 aromatic rings. The van der Waals surface area contributed by atoms with Crippen molar-refractivity contribution in [2.45, 2.75) is 18.2 Å². The number of carbonyl (C=O) groups excluding carboxylic acids is 3. The van der Waals surface area contributed by atoms with Gasteiger partial charge in [0.1, 0.15) is 6.54 Å². The van der Waals surface area contributed by atoms with Gasteiger partial charge in [0, 0.05) is 5.69 Å². The number of amides is 3. The number of aryl methyl sites for hydroxylation is 1. The maximum Gasteiger partial charge on any atom is 0.294 e. The largest absolute Gasteiger partial charge is 0.325 e. The lowest BCUT2D eigenvalue weighted by molar-refractivity contribution is -0.127. The van der Waals surface area contributed by atoms with Crippen molar-refractivity contribution in [3.63, 3.8) is 0 Å². The zero-order chi connectivity index (χ0) is 21.9. The SMILES string of the molecule is CCc1ccc(/C=C2\SC(=O)N(CC(=O)Nc3ccc(S(N)(=O)=O)cc3)C2=O)cc1. The molecule has 1 fully saturated rings. The molecular formula is C20H19N3O5S2. The standard InChI is InChI=1S/C20H19N3O5S2/c1-2-13-3-5-14(6-4-13)11-17-19(25)23(20(26)29-17)12-18(24)22-15-7-9-16(10-8-15)30(21,27)28/h3-11H,2,12H2,1H3,(H,22,24)(H2,21,27,28)/b17-11-. The number of anilines is 1. The van der Waals surface area contributed by atoms with E-state index in [0.717, 1.165) is 34.2 Å². The third kappa shape index (κ3) is 5.15. The molecule has 1 saturated heterocycles. The summed E-state index contributed by atoms with van der Waals surface area (Å²) < 4.78 is 22.5. The summed E-state index contributed by atoms with van der Waals surface area (Å²) in [6.45, 7) is 1.59. The fourth-order valence-corrected chi connectivity index (χ4v) is 4.06. The van der Waals surface area contributed by atoms with Crippen LogP contribution in [0, 0.1) is 0 Å². The molecule has 0 bridgehead atoms. The normalized spacial score (nSPS) is 15.7. The Morgan fingerprint density at radius 3 is 2.30 bits per heavy atom. The Hall–Kier alpha value is -2.95. The number of sulfonamides is 1. The van der Waals surface area contributed by atoms with Crippen LogP contribution in [-0.4, -0.2) is 36.9 Å². The summed E-state index contributed by atoms with van der Waals surface area (Å²) in [5, 5.41) is 7.01. The van der Waals surface area contributed by atoms with Gasteiger partial charge in [-0.1, -0.05) is 31.2 Å². The molecule has 8 nitrogen and oxygen atoms in total. The van der Waals surface area contributed by atoms with Crippen LogP contribution in [0.15, 0.2) is 58.3 Å². The van der Waals surface area contributed by atoms with Crippen LogP contribution >= 0.6 is 11.8 Å². The molecule has 1 heterocycles. The van der Waals surface area contributed by atoms with Crippen molar-refractivity contribution in [2.24, 2.45) is 5.14 Å². The summed E-state index contributed by atoms with van der Waals surface area (Å²) in [4.78, 5) is 38.0. The molecule has 30 heavy (non-hydrogen) atoms. The number of hydrogen-bond acceptors (Lipinski definition) is 6. The molecule has 0 radical (unpaired) electrons. The third-order valence-corrected chi connectivity index (χ3v) is 6.16. The fraction of sp³-hybridized carbons (Fsp3) is 0.150. The molecule has 0 spiro atoms. The predicted molar refractivity (Wildman–Crippen MR) is 115 cm³/mol. The van der Waals surface area contributed by atoms with Crippen LogP contribution in [0.4, 0.5) is 10.5 Å². The molecule has 0 unspecified atom stereocenters. The predicted octanol–water partition coefficient (Wildman–Crippen LogP) is 2.57. The summed E-state index contributed by atoms with van der Waals surface area (Å²) in [6, 6.07) is 12.9. The van der Waals surface area contributed by atoms with Crippen LogP contribution in [0.25, 0.3) is 6.08 Å². The van der Waals surface area contributed by atoms with E-state index in [-0.39, 0.29) is 9.80 Å². The highest BCUT2D eigenvalue weighted by Gasteiger charge is 2.36. The average molecular weight is 446 g/mol. The zero-order valence-electron chi connectivity index (χ0n) is 16.0. The average Bonchev–Trinajstić information content (AvgIpc) is 2.95. The second kappa shape index (κ2) is 8.82. The first kappa shape index (κ1) is 21.8. The number of hydrogen-bond donors (Lipinski definition) is 2. The molecule has 3 N–H and O–H groups in total. The van der Waals surface area contributed by atoms with Crippen LogP contribution in [0.5, 0.6) is 0 Å². The first-order chi connectivity index (χ1) is 14.2. The second-order valence-corrected chi connectivity index (χ2v) is 9.04. The van der Waals surface area contributed by atoms with Crippen molar-refractivity contribution in [3.8, 4) is 0 Å². The van der Waals surface area contributed by atoms with Gasteiger partial charge < -0.3 is 5.32 Å². The smallest absolute Gasteiger partial charge is 0.294 e. The third-order valence-electron chi connectivity index (χ3n) is 4.33. The molecule has 0 aliphatic carbocycles. The van der Waals surface area contributed by atoms with Gasteiger partial charge in [-0.2, -0.15) is 0 Å². The van der Waals surface area contributed by atoms with Crippen LogP contribution in [-0.2, 0) is 26.0 Å². The number of nitrogens with two attached hydrogens (primary N) is 1. The molecule has 10 heteroatoms. The maximum atomic E-state index is 12.5. The molecule has 3 rings (SSSR count). The number of rotatable bonds is 6. The van der Waals surface area contributed by atoms with E-state index in [9.17, 15) is 22.8 Å². The van der Waals surface area contributed by atoms with Gasteiger partial charge >= 0.3 is 0 Å². The minimum absolute atomic E-state index is 0.0939. The Kier molecular flexibility index (Phi) is 6.40. The summed E-state index contributed by atoms with van der Waals surface area (Å²) in [7, 11) is -3.84. The summed E-state index contributed by atoms with van der Waals surface area (Å²) in [5.74, 6) is -1.13. The second-order valence-electron chi connectivity index (χ2n) is 6.48. The minimum atomic E-state index is -3.84. The van der Waals surface area contributed by atoms with E-state index in [1.165, 1.54) is 24.3 Å². The molecule has 1 aliphatic rings. The first-order valence-electron chi connectivity index (χ1n) is 8.94. The van der Waals surface area contributed by atoms with E-state index in [2.05, 4.69) is 5.32 Å². The van der Waals surface area contributed by atoms with Crippen molar-refractivity contribution in [3.05, 3.63) is 64.6 Å². The topological polar surface area (TPSA) is 127 Å². The summed E-state index contributed by atoms with van der Waals surface area (Å²) >= 11 is 0.778. The number of imide groups is 1. The van der Waals surface area contributed by atoms with E-state index >= 15 is 0 Å². The first-order valence-corrected chi connectivity index (χ1v) is 11.3. The van der Waals surface area contributed by atoms with Crippen molar-refractivity contribution in [1.29, 1.82) is 0 Å². The van der Waals surface area contributed by atoms with Crippen LogP contribution in [0.1, 0.15) is 18.1 Å². The Labute approximate surface area is 178 Å².